The molecule has 0 spiro atoms. The summed E-state index contributed by atoms with van der Waals surface area (Å²) in [5, 5.41) is 0.940. The fourth-order valence-corrected chi connectivity index (χ4v) is 2.06. The van der Waals surface area contributed by atoms with Crippen molar-refractivity contribution in [3.63, 3.8) is 0 Å². The fourth-order valence-electron chi connectivity index (χ4n) is 1.64. The van der Waals surface area contributed by atoms with Crippen molar-refractivity contribution < 1.29 is 0 Å². The summed E-state index contributed by atoms with van der Waals surface area (Å²) >= 11 is 3.45. The van der Waals surface area contributed by atoms with Crippen molar-refractivity contribution in [1.82, 2.24) is 9.97 Å². The van der Waals surface area contributed by atoms with Crippen LogP contribution in [0.4, 0.5) is 5.82 Å². The summed E-state index contributed by atoms with van der Waals surface area (Å²) in [6, 6.07) is 7.94. The van der Waals surface area contributed by atoms with Crippen molar-refractivity contribution in [1.29, 1.82) is 0 Å². The standard InChI is InChI=1S/C12H14BrN3/c1-2-16(8-7-13)12-9-14-10-5-3-4-6-11(10)15-12/h3-6,9H,2,7-8H2,1H3. The Morgan fingerprint density at radius 3 is 2.69 bits per heavy atom. The van der Waals surface area contributed by atoms with Gasteiger partial charge in [0.1, 0.15) is 5.82 Å². The maximum absolute atomic E-state index is 4.61. The summed E-state index contributed by atoms with van der Waals surface area (Å²) in [6.45, 7) is 4.02. The Balaban J connectivity index is 2.37. The van der Waals surface area contributed by atoms with Gasteiger partial charge in [0.15, 0.2) is 0 Å². The zero-order chi connectivity index (χ0) is 11.4. The lowest BCUT2D eigenvalue weighted by atomic mass is 10.3. The number of alkyl halides is 1. The Bertz CT molecular complexity index is 473. The lowest BCUT2D eigenvalue weighted by molar-refractivity contribution is 0.854. The number of nitrogens with zero attached hydrogens (tertiary/aromatic N) is 3. The molecule has 84 valence electrons. The molecule has 0 aliphatic carbocycles. The van der Waals surface area contributed by atoms with Crippen LogP contribution in [0.15, 0.2) is 30.5 Å². The molecule has 0 N–H and O–H groups in total. The Labute approximate surface area is 104 Å². The summed E-state index contributed by atoms with van der Waals surface area (Å²) in [4.78, 5) is 11.2. The highest BCUT2D eigenvalue weighted by molar-refractivity contribution is 9.09. The van der Waals surface area contributed by atoms with Gasteiger partial charge in [-0.25, -0.2) is 4.98 Å². The van der Waals surface area contributed by atoms with E-state index in [4.69, 9.17) is 0 Å². The lowest BCUT2D eigenvalue weighted by Crippen LogP contribution is -2.25. The van der Waals surface area contributed by atoms with Gasteiger partial charge in [0.25, 0.3) is 0 Å². The molecule has 0 unspecified atom stereocenters. The number of fused-ring (bicyclic) bond motifs is 1. The van der Waals surface area contributed by atoms with E-state index in [0.29, 0.717) is 0 Å². The van der Waals surface area contributed by atoms with Crippen LogP contribution in [0.5, 0.6) is 0 Å². The third kappa shape index (κ3) is 2.32. The quantitative estimate of drug-likeness (QED) is 0.806. The first-order chi connectivity index (χ1) is 7.85. The minimum Gasteiger partial charge on any atom is -0.355 e. The van der Waals surface area contributed by atoms with Crippen LogP contribution in [0.2, 0.25) is 0 Å². The van der Waals surface area contributed by atoms with Gasteiger partial charge < -0.3 is 4.90 Å². The van der Waals surface area contributed by atoms with Gasteiger partial charge >= 0.3 is 0 Å². The molecule has 0 fully saturated rings. The first-order valence-electron chi connectivity index (χ1n) is 5.38. The minimum absolute atomic E-state index is 0.940. The molecule has 0 radical (unpaired) electrons. The molecule has 1 heterocycles. The predicted molar refractivity (Wildman–Crippen MR) is 71.2 cm³/mol. The fraction of sp³-hybridized carbons (Fsp3) is 0.333. The molecule has 0 atom stereocenters. The summed E-state index contributed by atoms with van der Waals surface area (Å²) < 4.78 is 0. The first kappa shape index (κ1) is 11.3. The van der Waals surface area contributed by atoms with Gasteiger partial charge in [-0.3, -0.25) is 4.98 Å². The van der Waals surface area contributed by atoms with Crippen LogP contribution in [0.3, 0.4) is 0 Å². The van der Waals surface area contributed by atoms with E-state index in [1.165, 1.54) is 0 Å². The van der Waals surface area contributed by atoms with E-state index in [1.54, 1.807) is 0 Å². The number of anilines is 1. The van der Waals surface area contributed by atoms with Crippen molar-refractivity contribution in [2.24, 2.45) is 0 Å². The molecule has 1 aromatic heterocycles. The predicted octanol–water partition coefficient (Wildman–Crippen LogP) is 2.85. The van der Waals surface area contributed by atoms with Gasteiger partial charge in [0, 0.05) is 18.4 Å². The average Bonchev–Trinajstić information content (AvgIpc) is 2.35. The molecule has 2 rings (SSSR count). The van der Waals surface area contributed by atoms with Gasteiger partial charge in [-0.05, 0) is 19.1 Å². The molecule has 2 aromatic rings. The Hall–Kier alpha value is -1.16. The SMILES string of the molecule is CCN(CCBr)c1cnc2ccccc2n1. The molecule has 0 aliphatic heterocycles. The number of hydrogen-bond donors (Lipinski definition) is 0. The number of rotatable bonds is 4. The van der Waals surface area contributed by atoms with Gasteiger partial charge in [-0.2, -0.15) is 0 Å². The van der Waals surface area contributed by atoms with E-state index in [2.05, 4.69) is 37.7 Å². The normalized spacial score (nSPS) is 10.6. The van der Waals surface area contributed by atoms with Crippen molar-refractivity contribution in [3.8, 4) is 0 Å². The smallest absolute Gasteiger partial charge is 0.147 e. The Morgan fingerprint density at radius 2 is 2.00 bits per heavy atom. The number of halogens is 1. The number of benzene rings is 1. The molecule has 0 amide bonds. The van der Waals surface area contributed by atoms with Gasteiger partial charge in [-0.1, -0.05) is 28.1 Å². The molecular formula is C12H14BrN3. The van der Waals surface area contributed by atoms with Crippen LogP contribution in [0.25, 0.3) is 11.0 Å². The van der Waals surface area contributed by atoms with E-state index in [-0.39, 0.29) is 0 Å². The molecule has 1 aromatic carbocycles. The van der Waals surface area contributed by atoms with E-state index >= 15 is 0 Å². The average molecular weight is 280 g/mol. The van der Waals surface area contributed by atoms with Gasteiger partial charge in [0.05, 0.1) is 17.2 Å². The molecule has 0 saturated carbocycles. The van der Waals surface area contributed by atoms with E-state index < -0.39 is 0 Å². The molecule has 0 saturated heterocycles. The maximum atomic E-state index is 4.61. The summed E-state index contributed by atoms with van der Waals surface area (Å²) in [5.74, 6) is 0.945. The van der Waals surface area contributed by atoms with E-state index in [0.717, 1.165) is 35.3 Å². The van der Waals surface area contributed by atoms with Crippen LogP contribution >= 0.6 is 15.9 Å². The van der Waals surface area contributed by atoms with Gasteiger partial charge in [0.2, 0.25) is 0 Å². The third-order valence-electron chi connectivity index (χ3n) is 2.50. The lowest BCUT2D eigenvalue weighted by Gasteiger charge is -2.20. The van der Waals surface area contributed by atoms with Crippen LogP contribution in [0.1, 0.15) is 6.92 Å². The van der Waals surface area contributed by atoms with Crippen molar-refractivity contribution >= 4 is 32.8 Å². The summed E-state index contributed by atoms with van der Waals surface area (Å²) in [5.41, 5.74) is 1.90. The van der Waals surface area contributed by atoms with Crippen molar-refractivity contribution in [2.45, 2.75) is 6.92 Å². The van der Waals surface area contributed by atoms with Crippen LogP contribution < -0.4 is 4.90 Å². The highest BCUT2D eigenvalue weighted by Crippen LogP contribution is 2.14. The maximum Gasteiger partial charge on any atom is 0.147 e. The first-order valence-corrected chi connectivity index (χ1v) is 6.50. The number of para-hydroxylation sites is 2. The highest BCUT2D eigenvalue weighted by atomic mass is 79.9. The molecule has 3 nitrogen and oxygen atoms in total. The Morgan fingerprint density at radius 1 is 1.25 bits per heavy atom. The second kappa shape index (κ2) is 5.25. The zero-order valence-corrected chi connectivity index (χ0v) is 10.8. The van der Waals surface area contributed by atoms with Crippen LogP contribution in [-0.2, 0) is 0 Å². The van der Waals surface area contributed by atoms with Crippen molar-refractivity contribution in [3.05, 3.63) is 30.5 Å². The second-order valence-electron chi connectivity index (χ2n) is 3.49. The zero-order valence-electron chi connectivity index (χ0n) is 9.23. The van der Waals surface area contributed by atoms with E-state index in [9.17, 15) is 0 Å². The van der Waals surface area contributed by atoms with Gasteiger partial charge in [-0.15, -0.1) is 0 Å². The number of aromatic nitrogens is 2. The summed E-state index contributed by atoms with van der Waals surface area (Å²) in [7, 11) is 0. The second-order valence-corrected chi connectivity index (χ2v) is 4.28. The third-order valence-corrected chi connectivity index (χ3v) is 2.85. The molecule has 0 bridgehead atoms. The summed E-state index contributed by atoms with van der Waals surface area (Å²) in [6.07, 6.45) is 1.84. The molecule has 4 heteroatoms. The molecule has 0 aliphatic rings. The largest absolute Gasteiger partial charge is 0.355 e. The Kier molecular flexibility index (Phi) is 3.72. The van der Waals surface area contributed by atoms with Crippen LogP contribution in [-0.4, -0.2) is 28.4 Å². The van der Waals surface area contributed by atoms with Crippen LogP contribution in [0, 0.1) is 0 Å². The highest BCUT2D eigenvalue weighted by Gasteiger charge is 2.06. The topological polar surface area (TPSA) is 29.0 Å². The monoisotopic (exact) mass is 279 g/mol. The van der Waals surface area contributed by atoms with Crippen molar-refractivity contribution in [2.75, 3.05) is 23.3 Å². The number of hydrogen-bond acceptors (Lipinski definition) is 3. The van der Waals surface area contributed by atoms with E-state index in [1.807, 2.05) is 30.5 Å². The minimum atomic E-state index is 0.940. The molecule has 16 heavy (non-hydrogen) atoms. The molecular weight excluding hydrogens is 266 g/mol.